The number of aryl methyl sites for hydroxylation is 3. The summed E-state index contributed by atoms with van der Waals surface area (Å²) in [5.41, 5.74) is -1.93. The number of carbonyl (C=O) groups is 3. The molecule has 0 saturated carbocycles. The third-order valence-electron chi connectivity index (χ3n) is 7.02. The van der Waals surface area contributed by atoms with Crippen LogP contribution in [0.4, 0.5) is 41.5 Å². The summed E-state index contributed by atoms with van der Waals surface area (Å²) in [5, 5.41) is 15.6. The zero-order chi connectivity index (χ0) is 51.8. The van der Waals surface area contributed by atoms with Crippen LogP contribution in [-0.2, 0) is 54.7 Å². The van der Waals surface area contributed by atoms with Crippen LogP contribution in [0.25, 0.3) is 11.3 Å². The number of hydrogen-bond donors (Lipinski definition) is 5. The molecular weight excluding hydrogens is 1060 g/mol. The summed E-state index contributed by atoms with van der Waals surface area (Å²) in [5.74, 6) is -2.96. The number of sulfonamides is 1. The van der Waals surface area contributed by atoms with Gasteiger partial charge in [-0.15, -0.1) is 0 Å². The van der Waals surface area contributed by atoms with Gasteiger partial charge >= 0.3 is 36.3 Å². The van der Waals surface area contributed by atoms with E-state index in [1.807, 2.05) is 5.32 Å². The van der Waals surface area contributed by atoms with E-state index in [9.17, 15) is 63.0 Å². The molecule has 19 nitrogen and oxygen atoms in total. The molecule has 2 heterocycles. The van der Waals surface area contributed by atoms with Crippen LogP contribution in [0.15, 0.2) is 45.8 Å². The summed E-state index contributed by atoms with van der Waals surface area (Å²) in [6.07, 6.45) is -5.46. The first-order valence-corrected chi connectivity index (χ1v) is 25.1. The molecule has 4 rings (SSSR count). The number of nitrogens with one attached hydrogen (secondary N) is 3. The smallest absolute Gasteiger partial charge is 0.434 e. The zero-order valence-corrected chi connectivity index (χ0v) is 41.2. The summed E-state index contributed by atoms with van der Waals surface area (Å²) >= 11 is 8.67. The van der Waals surface area contributed by atoms with Crippen molar-refractivity contribution in [2.24, 2.45) is 7.05 Å². The van der Waals surface area contributed by atoms with Crippen LogP contribution in [0.5, 0.6) is 6.01 Å². The number of esters is 1. The van der Waals surface area contributed by atoms with Crippen LogP contribution in [0, 0.1) is 12.7 Å². The number of hydrogen-bond acceptors (Lipinski definition) is 14. The van der Waals surface area contributed by atoms with E-state index in [1.54, 1.807) is 18.6 Å². The Morgan fingerprint density at radius 2 is 1.64 bits per heavy atom. The van der Waals surface area contributed by atoms with Crippen LogP contribution in [0.2, 0.25) is 5.02 Å². The number of benzene rings is 2. The Kier molecular flexibility index (Phi) is 23.6. The average molecular weight is 1110 g/mol. The van der Waals surface area contributed by atoms with E-state index in [2.05, 4.69) is 60.1 Å². The third kappa shape index (κ3) is 22.3. The van der Waals surface area contributed by atoms with Gasteiger partial charge in [0.15, 0.2) is 5.69 Å². The highest BCUT2D eigenvalue weighted by Gasteiger charge is 2.39. The Morgan fingerprint density at radius 1 is 1.06 bits per heavy atom. The number of alkyl halides is 6. The van der Waals surface area contributed by atoms with Crippen molar-refractivity contribution >= 4 is 80.0 Å². The molecule has 2 aromatic heterocycles. The molecule has 0 radical (unpaired) electrons. The van der Waals surface area contributed by atoms with E-state index in [0.717, 1.165) is 25.2 Å². The van der Waals surface area contributed by atoms with Gasteiger partial charge in [0.25, 0.3) is 10.0 Å². The molecule has 0 aliphatic rings. The summed E-state index contributed by atoms with van der Waals surface area (Å²) < 4.78 is 137. The summed E-state index contributed by atoms with van der Waals surface area (Å²) in [4.78, 5) is 62.7. The van der Waals surface area contributed by atoms with Gasteiger partial charge in [-0.3, -0.25) is 20.1 Å². The van der Waals surface area contributed by atoms with Crippen molar-refractivity contribution in [3.05, 3.63) is 74.4 Å². The van der Waals surface area contributed by atoms with Gasteiger partial charge in [0, 0.05) is 19.0 Å². The number of carbonyl (C=O) groups excluding carboxylic acids is 2. The molecule has 2 aromatic carbocycles. The number of methoxy groups -OCH3 is 1. The molecule has 0 aliphatic heterocycles. The number of amides is 2. The summed E-state index contributed by atoms with van der Waals surface area (Å²) in [7, 11) is -5.77. The fraction of sp³-hybridized carbons (Fsp3) is 0.417. The first-order chi connectivity index (χ1) is 30.6. The molecule has 67 heavy (non-hydrogen) atoms. The Labute approximate surface area is 395 Å². The van der Waals surface area contributed by atoms with Gasteiger partial charge in [0.1, 0.15) is 24.9 Å². The Hall–Kier alpha value is -4.64. The minimum absolute atomic E-state index is 0.0715. The molecule has 0 fully saturated rings. The SMILES string of the molecule is CC(C)OC(=O)c1cc(-c2nn(C)c(C(F)(F)F)c2Br)c(F)cc1Cl.COc1nc(C)nc(NC(=O)NS(=O)(=O)c2ccccc2CCC(F)(F)F)n1.C[S+](C)C.O=C(O)CNCP(=O)([O-])O. The fourth-order valence-electron chi connectivity index (χ4n) is 4.60. The molecular formula is C36H44BrClF7N8O11PS2. The lowest BCUT2D eigenvalue weighted by atomic mass is 10.1. The summed E-state index contributed by atoms with van der Waals surface area (Å²) in [6.45, 7) is 4.25. The minimum atomic E-state index is -4.69. The first-order valence-electron chi connectivity index (χ1n) is 18.3. The van der Waals surface area contributed by atoms with E-state index in [4.69, 9.17) is 31.1 Å². The van der Waals surface area contributed by atoms with Crippen molar-refractivity contribution in [1.29, 1.82) is 0 Å². The van der Waals surface area contributed by atoms with Crippen molar-refractivity contribution in [2.45, 2.75) is 57.0 Å². The molecule has 0 aliphatic carbocycles. The lowest BCUT2D eigenvalue weighted by Crippen LogP contribution is -2.35. The predicted octanol–water partition coefficient (Wildman–Crippen LogP) is 6.08. The maximum absolute atomic E-state index is 14.3. The molecule has 2 amide bonds. The average Bonchev–Trinajstić information content (AvgIpc) is 3.45. The second kappa shape index (κ2) is 26.2. The Bertz CT molecular complexity index is 2500. The Morgan fingerprint density at radius 3 is 2.13 bits per heavy atom. The minimum Gasteiger partial charge on any atom is -0.778 e. The van der Waals surface area contributed by atoms with E-state index >= 15 is 0 Å². The molecule has 4 aromatic rings. The van der Waals surface area contributed by atoms with Gasteiger partial charge in [0.05, 0.1) is 64.8 Å². The molecule has 31 heteroatoms. The number of aliphatic carboxylic acids is 1. The van der Waals surface area contributed by atoms with Gasteiger partial charge in [0.2, 0.25) is 5.95 Å². The molecule has 0 bridgehead atoms. The van der Waals surface area contributed by atoms with E-state index in [-0.39, 0.29) is 45.2 Å². The topological polar surface area (TPSA) is 277 Å². The van der Waals surface area contributed by atoms with Crippen LogP contribution < -0.4 is 25.0 Å². The van der Waals surface area contributed by atoms with E-state index in [1.165, 1.54) is 32.2 Å². The van der Waals surface area contributed by atoms with Crippen molar-refractivity contribution in [3.63, 3.8) is 0 Å². The lowest BCUT2D eigenvalue weighted by molar-refractivity contribution is -0.193. The highest BCUT2D eigenvalue weighted by molar-refractivity contribution is 9.10. The summed E-state index contributed by atoms with van der Waals surface area (Å²) in [6, 6.07) is 5.67. The lowest BCUT2D eigenvalue weighted by Gasteiger charge is -2.14. The number of ether oxygens (including phenoxy) is 2. The third-order valence-corrected chi connectivity index (χ3v) is 10.1. The quantitative estimate of drug-likeness (QED) is 0.0439. The number of anilines is 1. The number of carboxylic acid groups (broad SMARTS) is 1. The van der Waals surface area contributed by atoms with Crippen molar-refractivity contribution in [3.8, 4) is 17.3 Å². The maximum Gasteiger partial charge on any atom is 0.434 e. The number of halogens is 9. The molecule has 0 spiro atoms. The van der Waals surface area contributed by atoms with Gasteiger partial charge in [-0.05, 0) is 77.8 Å². The maximum atomic E-state index is 14.3. The van der Waals surface area contributed by atoms with Crippen molar-refractivity contribution < 1.29 is 82.5 Å². The number of aromatic nitrogens is 5. The number of urea groups is 1. The van der Waals surface area contributed by atoms with Crippen molar-refractivity contribution in [2.75, 3.05) is 44.0 Å². The van der Waals surface area contributed by atoms with Gasteiger partial charge in [-0.25, -0.2) is 27.1 Å². The van der Waals surface area contributed by atoms with E-state index < -0.39 is 101 Å². The number of nitrogens with zero attached hydrogens (tertiary/aromatic N) is 5. The normalized spacial score (nSPS) is 12.3. The van der Waals surface area contributed by atoms with Crippen LogP contribution in [-0.4, -0.2) is 112 Å². The van der Waals surface area contributed by atoms with Crippen LogP contribution in [0.3, 0.4) is 0 Å². The molecule has 1 unspecified atom stereocenters. The number of rotatable bonds is 13. The predicted molar refractivity (Wildman–Crippen MR) is 234 cm³/mol. The van der Waals surface area contributed by atoms with Crippen molar-refractivity contribution in [1.82, 2.24) is 34.8 Å². The van der Waals surface area contributed by atoms with Crippen LogP contribution >= 0.6 is 35.1 Å². The largest absolute Gasteiger partial charge is 0.778 e. The monoisotopic (exact) mass is 1110 g/mol. The standard InChI is InChI=1S/C15H12BrClF4N2O2.C15H16F3N5O4S.C3H8NO5P.C3H9S/c1-6(2)25-14(24)7-4-8(10(18)5-9(7)17)12-11(16)13(15(19,20)21)23(3)22-12;1-9-19-12(22-14(20-9)27-2)21-13(24)23-28(25,26)11-6-4-3-5-10(11)7-8-15(16,17)18;5-3(6)1-4-2-10(7,8)9;1-4(2)3/h4-6H,1-3H3;3-6H,7-8H2,1-2H3,(H2,19,20,21,22,23,24);4H,1-2H2,(H,5,6)(H2,7,8,9);1-3H3/q;;;+1/p-1. The van der Waals surface area contributed by atoms with Gasteiger partial charge < -0.3 is 28.9 Å². The second-order valence-electron chi connectivity index (χ2n) is 13.7. The second-order valence-corrected chi connectivity index (χ2v) is 20.6. The molecule has 374 valence electrons. The highest BCUT2D eigenvalue weighted by Crippen LogP contribution is 2.41. The fourth-order valence-corrected chi connectivity index (χ4v) is 7.18. The molecule has 0 saturated heterocycles. The Balaban J connectivity index is 0.000000525. The van der Waals surface area contributed by atoms with Gasteiger partial charge in [-0.2, -0.15) is 46.4 Å². The highest BCUT2D eigenvalue weighted by atomic mass is 79.9. The van der Waals surface area contributed by atoms with E-state index in [0.29, 0.717) is 15.6 Å². The first kappa shape index (κ1) is 60.4. The molecule has 5 N–H and O–H groups in total. The molecule has 1 atom stereocenters. The number of carboxylic acids is 1. The zero-order valence-electron chi connectivity index (χ0n) is 36.3. The van der Waals surface area contributed by atoms with Crippen LogP contribution in [0.1, 0.15) is 47.7 Å². The van der Waals surface area contributed by atoms with Gasteiger partial charge in [-0.1, -0.05) is 29.8 Å².